The SMILES string of the molecule is CCC(CC#CI)OC(N)=O. The number of carbonyl (C=O) groups is 1. The Morgan fingerprint density at radius 3 is 2.82 bits per heavy atom. The van der Waals surface area contributed by atoms with Gasteiger partial charge in [0, 0.05) is 29.0 Å². The predicted molar refractivity (Wildman–Crippen MR) is 51.2 cm³/mol. The third-order valence-electron chi connectivity index (χ3n) is 1.13. The van der Waals surface area contributed by atoms with Crippen LogP contribution in [0.25, 0.3) is 0 Å². The summed E-state index contributed by atoms with van der Waals surface area (Å²) in [6.45, 7) is 1.92. The van der Waals surface area contributed by atoms with Crippen molar-refractivity contribution in [1.29, 1.82) is 0 Å². The highest BCUT2D eigenvalue weighted by molar-refractivity contribution is 14.1. The van der Waals surface area contributed by atoms with Crippen LogP contribution in [0.15, 0.2) is 0 Å². The molecule has 0 rings (SSSR count). The molecule has 3 nitrogen and oxygen atoms in total. The first-order chi connectivity index (χ1) is 5.20. The van der Waals surface area contributed by atoms with E-state index < -0.39 is 6.09 Å². The zero-order valence-corrected chi connectivity index (χ0v) is 8.42. The van der Waals surface area contributed by atoms with Crippen LogP contribution in [0.3, 0.4) is 0 Å². The van der Waals surface area contributed by atoms with E-state index in [2.05, 4.69) is 9.85 Å². The van der Waals surface area contributed by atoms with Crippen LogP contribution in [0.1, 0.15) is 19.8 Å². The van der Waals surface area contributed by atoms with Crippen LogP contribution in [0.4, 0.5) is 4.79 Å². The topological polar surface area (TPSA) is 52.3 Å². The van der Waals surface area contributed by atoms with Crippen LogP contribution < -0.4 is 5.73 Å². The highest BCUT2D eigenvalue weighted by Gasteiger charge is 2.07. The molecular weight excluding hydrogens is 257 g/mol. The van der Waals surface area contributed by atoms with Crippen molar-refractivity contribution < 1.29 is 9.53 Å². The van der Waals surface area contributed by atoms with Gasteiger partial charge in [0.1, 0.15) is 6.10 Å². The van der Waals surface area contributed by atoms with Crippen molar-refractivity contribution in [2.75, 3.05) is 0 Å². The Morgan fingerprint density at radius 1 is 1.82 bits per heavy atom. The van der Waals surface area contributed by atoms with Gasteiger partial charge in [0.25, 0.3) is 0 Å². The predicted octanol–water partition coefficient (Wildman–Crippen LogP) is 1.65. The number of amides is 1. The van der Waals surface area contributed by atoms with E-state index in [0.29, 0.717) is 6.42 Å². The van der Waals surface area contributed by atoms with E-state index in [0.717, 1.165) is 6.42 Å². The smallest absolute Gasteiger partial charge is 0.404 e. The molecule has 0 saturated heterocycles. The summed E-state index contributed by atoms with van der Waals surface area (Å²) < 4.78 is 7.43. The van der Waals surface area contributed by atoms with Crippen molar-refractivity contribution in [3.05, 3.63) is 0 Å². The van der Waals surface area contributed by atoms with Gasteiger partial charge in [0.05, 0.1) is 0 Å². The Labute approximate surface area is 79.8 Å². The third kappa shape index (κ3) is 5.98. The summed E-state index contributed by atoms with van der Waals surface area (Å²) in [5.74, 6) is 2.81. The Balaban J connectivity index is 3.72. The minimum Gasteiger partial charge on any atom is -0.445 e. The Kier molecular flexibility index (Phi) is 6.03. The molecule has 0 aliphatic heterocycles. The minimum absolute atomic E-state index is 0.158. The van der Waals surface area contributed by atoms with Gasteiger partial charge in [-0.05, 0) is 10.3 Å². The van der Waals surface area contributed by atoms with Gasteiger partial charge in [0.2, 0.25) is 0 Å². The van der Waals surface area contributed by atoms with E-state index in [1.807, 2.05) is 29.5 Å². The molecule has 0 fully saturated rings. The van der Waals surface area contributed by atoms with E-state index in [4.69, 9.17) is 10.5 Å². The summed E-state index contributed by atoms with van der Waals surface area (Å²) in [6, 6.07) is 0. The van der Waals surface area contributed by atoms with Crippen LogP contribution in [0.2, 0.25) is 0 Å². The fraction of sp³-hybridized carbons (Fsp3) is 0.571. The molecule has 0 aromatic carbocycles. The molecule has 0 saturated carbocycles. The van der Waals surface area contributed by atoms with Gasteiger partial charge in [-0.25, -0.2) is 4.79 Å². The van der Waals surface area contributed by atoms with Crippen molar-refractivity contribution in [2.24, 2.45) is 5.73 Å². The van der Waals surface area contributed by atoms with Crippen LogP contribution >= 0.6 is 22.6 Å². The van der Waals surface area contributed by atoms with E-state index >= 15 is 0 Å². The zero-order valence-electron chi connectivity index (χ0n) is 6.26. The van der Waals surface area contributed by atoms with Crippen LogP contribution in [-0.2, 0) is 4.74 Å². The second-order valence-corrected chi connectivity index (χ2v) is 2.48. The van der Waals surface area contributed by atoms with Gasteiger partial charge in [-0.3, -0.25) is 0 Å². The normalized spacial score (nSPS) is 11.1. The molecule has 0 radical (unpaired) electrons. The summed E-state index contributed by atoms with van der Waals surface area (Å²) in [5.41, 5.74) is 4.83. The molecule has 62 valence electrons. The maximum atomic E-state index is 10.3. The Bertz CT molecular complexity index is 183. The monoisotopic (exact) mass is 267 g/mol. The number of ether oxygens (including phenoxy) is 1. The second kappa shape index (κ2) is 6.28. The van der Waals surface area contributed by atoms with E-state index in [1.165, 1.54) is 0 Å². The van der Waals surface area contributed by atoms with Crippen LogP contribution in [-0.4, -0.2) is 12.2 Å². The minimum atomic E-state index is -0.730. The Morgan fingerprint density at radius 2 is 2.45 bits per heavy atom. The summed E-state index contributed by atoms with van der Waals surface area (Å²) in [7, 11) is 0. The molecular formula is C7H10INO2. The number of hydrogen-bond acceptors (Lipinski definition) is 2. The fourth-order valence-electron chi connectivity index (χ4n) is 0.586. The van der Waals surface area contributed by atoms with Crippen molar-refractivity contribution in [1.82, 2.24) is 0 Å². The average Bonchev–Trinajstić information content (AvgIpc) is 1.97. The number of nitrogens with two attached hydrogens (primary N) is 1. The summed E-state index contributed by atoms with van der Waals surface area (Å²) in [6.07, 6.45) is 0.415. The lowest BCUT2D eigenvalue weighted by molar-refractivity contribution is 0.107. The van der Waals surface area contributed by atoms with Gasteiger partial charge in [0.15, 0.2) is 0 Å². The third-order valence-corrected chi connectivity index (χ3v) is 1.52. The van der Waals surface area contributed by atoms with Gasteiger partial charge < -0.3 is 10.5 Å². The molecule has 1 unspecified atom stereocenters. The second-order valence-electron chi connectivity index (χ2n) is 1.94. The zero-order chi connectivity index (χ0) is 8.69. The van der Waals surface area contributed by atoms with E-state index in [9.17, 15) is 4.79 Å². The first-order valence-corrected chi connectivity index (χ1v) is 4.33. The standard InChI is InChI=1S/C7H10INO2/c1-2-6(4-3-5-8)11-7(9)10/h6H,2,4H2,1H3,(H2,9,10). The molecule has 1 amide bonds. The highest BCUT2D eigenvalue weighted by Crippen LogP contribution is 2.02. The quantitative estimate of drug-likeness (QED) is 0.624. The molecule has 0 aromatic rings. The number of carbonyl (C=O) groups excluding carboxylic acids is 1. The molecule has 4 heteroatoms. The first-order valence-electron chi connectivity index (χ1n) is 3.25. The molecule has 1 atom stereocenters. The maximum absolute atomic E-state index is 10.3. The molecule has 0 aromatic heterocycles. The first kappa shape index (κ1) is 10.6. The molecule has 0 spiro atoms. The highest BCUT2D eigenvalue weighted by atomic mass is 127. The van der Waals surface area contributed by atoms with Gasteiger partial charge in [-0.2, -0.15) is 0 Å². The number of halogens is 1. The lowest BCUT2D eigenvalue weighted by atomic mass is 10.2. The van der Waals surface area contributed by atoms with Crippen molar-refractivity contribution >= 4 is 28.7 Å². The lowest BCUT2D eigenvalue weighted by Gasteiger charge is -2.10. The van der Waals surface area contributed by atoms with Crippen molar-refractivity contribution in [3.8, 4) is 9.85 Å². The fourth-order valence-corrected chi connectivity index (χ4v) is 0.806. The van der Waals surface area contributed by atoms with E-state index in [-0.39, 0.29) is 6.10 Å². The van der Waals surface area contributed by atoms with Gasteiger partial charge in [-0.1, -0.05) is 12.8 Å². The van der Waals surface area contributed by atoms with E-state index in [1.54, 1.807) is 0 Å². The molecule has 0 aliphatic carbocycles. The van der Waals surface area contributed by atoms with Gasteiger partial charge >= 0.3 is 6.09 Å². The number of primary amides is 1. The molecule has 0 bridgehead atoms. The molecule has 2 N–H and O–H groups in total. The summed E-state index contributed by atoms with van der Waals surface area (Å²) in [5, 5.41) is 0. The molecule has 11 heavy (non-hydrogen) atoms. The molecule has 0 heterocycles. The molecule has 0 aliphatic rings. The average molecular weight is 267 g/mol. The van der Waals surface area contributed by atoms with Crippen LogP contribution in [0.5, 0.6) is 0 Å². The number of rotatable bonds is 3. The van der Waals surface area contributed by atoms with Gasteiger partial charge in [-0.15, -0.1) is 0 Å². The van der Waals surface area contributed by atoms with Crippen molar-refractivity contribution in [2.45, 2.75) is 25.9 Å². The largest absolute Gasteiger partial charge is 0.445 e. The Hall–Kier alpha value is -0.440. The number of hydrogen-bond donors (Lipinski definition) is 1. The van der Waals surface area contributed by atoms with Crippen LogP contribution in [0, 0.1) is 9.85 Å². The summed E-state index contributed by atoms with van der Waals surface area (Å²) in [4.78, 5) is 10.3. The maximum Gasteiger partial charge on any atom is 0.404 e. The summed E-state index contributed by atoms with van der Waals surface area (Å²) >= 11 is 1.94. The van der Waals surface area contributed by atoms with Crippen molar-refractivity contribution in [3.63, 3.8) is 0 Å². The lowest BCUT2D eigenvalue weighted by Crippen LogP contribution is -2.21.